The normalized spacial score (nSPS) is 10.7. The molecular weight excluding hydrogens is 410 g/mol. The zero-order valence-corrected chi connectivity index (χ0v) is 17.0. The van der Waals surface area contributed by atoms with Gasteiger partial charge in [0.2, 0.25) is 0 Å². The molecule has 2 aromatic carbocycles. The number of ether oxygens (including phenoxy) is 1. The number of halogens is 2. The van der Waals surface area contributed by atoms with Crippen LogP contribution in [0.2, 0.25) is 0 Å². The number of hydrogen-bond donors (Lipinski definition) is 4. The maximum absolute atomic E-state index is 14.3. The highest BCUT2D eigenvalue weighted by atomic mass is 32.1. The van der Waals surface area contributed by atoms with Crippen molar-refractivity contribution in [1.82, 2.24) is 9.97 Å². The van der Waals surface area contributed by atoms with Crippen molar-refractivity contribution in [3.63, 3.8) is 0 Å². The predicted molar refractivity (Wildman–Crippen MR) is 115 cm³/mol. The van der Waals surface area contributed by atoms with E-state index in [0.29, 0.717) is 23.6 Å². The molecule has 6 nitrogen and oxygen atoms in total. The Hall–Kier alpha value is -3.20. The third kappa shape index (κ3) is 4.85. The van der Waals surface area contributed by atoms with E-state index in [0.717, 1.165) is 12.1 Å². The van der Waals surface area contributed by atoms with Crippen LogP contribution in [0.4, 0.5) is 14.5 Å². The van der Waals surface area contributed by atoms with Gasteiger partial charge in [0.1, 0.15) is 23.1 Å². The summed E-state index contributed by atoms with van der Waals surface area (Å²) in [5.41, 5.74) is 0.747. The summed E-state index contributed by atoms with van der Waals surface area (Å²) >= 11 is 4.12. The molecule has 3 rings (SSSR count). The van der Waals surface area contributed by atoms with Gasteiger partial charge >= 0.3 is 0 Å². The minimum Gasteiger partial charge on any atom is -0.494 e. The second kappa shape index (κ2) is 9.53. The lowest BCUT2D eigenvalue weighted by molar-refractivity contribution is 0.335. The van der Waals surface area contributed by atoms with E-state index in [9.17, 15) is 13.6 Å². The van der Waals surface area contributed by atoms with Crippen molar-refractivity contribution in [3.05, 3.63) is 87.1 Å². The molecule has 156 valence electrons. The van der Waals surface area contributed by atoms with Crippen molar-refractivity contribution in [1.29, 1.82) is 5.41 Å². The second-order valence-corrected chi connectivity index (χ2v) is 6.63. The fourth-order valence-corrected chi connectivity index (χ4v) is 3.03. The van der Waals surface area contributed by atoms with Gasteiger partial charge in [-0.3, -0.25) is 10.2 Å². The van der Waals surface area contributed by atoms with E-state index in [4.69, 9.17) is 10.1 Å². The Morgan fingerprint density at radius 3 is 2.60 bits per heavy atom. The van der Waals surface area contributed by atoms with Gasteiger partial charge in [0.15, 0.2) is 5.82 Å². The highest BCUT2D eigenvalue weighted by molar-refractivity contribution is 7.79. The van der Waals surface area contributed by atoms with Crippen LogP contribution < -0.4 is 15.6 Å². The van der Waals surface area contributed by atoms with Gasteiger partial charge in [-0.05, 0) is 13.0 Å². The average molecular weight is 430 g/mol. The van der Waals surface area contributed by atoms with Gasteiger partial charge in [-0.15, -0.1) is 0 Å². The Kier molecular flexibility index (Phi) is 6.83. The van der Waals surface area contributed by atoms with Gasteiger partial charge in [-0.1, -0.05) is 18.2 Å². The van der Waals surface area contributed by atoms with Crippen LogP contribution in [0.15, 0.2) is 47.3 Å². The first-order valence-electron chi connectivity index (χ1n) is 9.17. The zero-order valence-electron chi connectivity index (χ0n) is 16.1. The van der Waals surface area contributed by atoms with E-state index >= 15 is 0 Å². The number of aromatic nitrogens is 2. The molecule has 1 aromatic heterocycles. The average Bonchev–Trinajstić information content (AvgIpc) is 2.72. The Balaban J connectivity index is 1.87. The standard InChI is InChI=1S/C21H20F2N4O2S/c1-2-29-13-8-16(22)15(17(23)9-13)10-25-18-6-4-3-5-14(18)20(24)21-26-12(11-30)7-19(28)27-21/h3-9,24-25,30H,2,10-11H2,1H3,(H,26,27,28). The molecule has 0 atom stereocenters. The van der Waals surface area contributed by atoms with Crippen molar-refractivity contribution in [3.8, 4) is 5.75 Å². The number of nitrogens with one attached hydrogen (secondary N) is 3. The molecule has 1 heterocycles. The molecule has 3 aromatic rings. The van der Waals surface area contributed by atoms with E-state index in [2.05, 4.69) is 27.9 Å². The number of rotatable bonds is 8. The number of aromatic amines is 1. The van der Waals surface area contributed by atoms with Crippen molar-refractivity contribution in [2.45, 2.75) is 19.2 Å². The van der Waals surface area contributed by atoms with Crippen LogP contribution in [0.25, 0.3) is 0 Å². The van der Waals surface area contributed by atoms with Gasteiger partial charge in [0.25, 0.3) is 5.56 Å². The van der Waals surface area contributed by atoms with E-state index in [1.165, 1.54) is 6.07 Å². The van der Waals surface area contributed by atoms with Crippen LogP contribution in [-0.2, 0) is 12.3 Å². The van der Waals surface area contributed by atoms with Crippen molar-refractivity contribution in [2.75, 3.05) is 11.9 Å². The van der Waals surface area contributed by atoms with Gasteiger partial charge in [0, 0.05) is 47.3 Å². The first kappa shape index (κ1) is 21.5. The van der Waals surface area contributed by atoms with Crippen LogP contribution in [0.3, 0.4) is 0 Å². The number of benzene rings is 2. The molecule has 0 unspecified atom stereocenters. The van der Waals surface area contributed by atoms with Crippen molar-refractivity contribution >= 4 is 24.0 Å². The topological polar surface area (TPSA) is 90.9 Å². The van der Waals surface area contributed by atoms with Crippen molar-refractivity contribution < 1.29 is 13.5 Å². The van der Waals surface area contributed by atoms with Gasteiger partial charge in [-0.2, -0.15) is 12.6 Å². The quantitative estimate of drug-likeness (QED) is 0.322. The van der Waals surface area contributed by atoms with Gasteiger partial charge < -0.3 is 15.0 Å². The van der Waals surface area contributed by atoms with E-state index in [1.54, 1.807) is 31.2 Å². The highest BCUT2D eigenvalue weighted by Gasteiger charge is 2.16. The predicted octanol–water partition coefficient (Wildman–Crippen LogP) is 3.90. The Morgan fingerprint density at radius 1 is 1.23 bits per heavy atom. The molecular formula is C21H20F2N4O2S. The smallest absolute Gasteiger partial charge is 0.251 e. The van der Waals surface area contributed by atoms with Crippen LogP contribution in [0.1, 0.15) is 29.6 Å². The first-order valence-corrected chi connectivity index (χ1v) is 9.80. The number of H-pyrrole nitrogens is 1. The molecule has 30 heavy (non-hydrogen) atoms. The SMILES string of the molecule is CCOc1cc(F)c(CNc2ccccc2C(=N)c2nc(CS)cc(=O)[nH]2)c(F)c1. The third-order valence-electron chi connectivity index (χ3n) is 4.27. The fourth-order valence-electron chi connectivity index (χ4n) is 2.87. The summed E-state index contributed by atoms with van der Waals surface area (Å²) in [5.74, 6) is -1.01. The zero-order chi connectivity index (χ0) is 21.7. The molecule has 0 aliphatic rings. The summed E-state index contributed by atoms with van der Waals surface area (Å²) in [7, 11) is 0. The molecule has 0 fully saturated rings. The van der Waals surface area contributed by atoms with Crippen LogP contribution in [-0.4, -0.2) is 22.3 Å². The summed E-state index contributed by atoms with van der Waals surface area (Å²) in [5, 5.41) is 11.4. The van der Waals surface area contributed by atoms with E-state index in [1.807, 2.05) is 0 Å². The van der Waals surface area contributed by atoms with E-state index in [-0.39, 0.29) is 35.1 Å². The summed E-state index contributed by atoms with van der Waals surface area (Å²) in [6, 6.07) is 10.4. The molecule has 0 saturated heterocycles. The molecule has 0 aliphatic heterocycles. The Labute approximate surface area is 177 Å². The lowest BCUT2D eigenvalue weighted by Crippen LogP contribution is -2.18. The summed E-state index contributed by atoms with van der Waals surface area (Å²) < 4.78 is 33.8. The Bertz CT molecular complexity index is 1110. The molecule has 0 radical (unpaired) electrons. The minimum atomic E-state index is -0.731. The number of para-hydroxylation sites is 1. The molecule has 0 aliphatic carbocycles. The molecule has 3 N–H and O–H groups in total. The van der Waals surface area contributed by atoms with Gasteiger partial charge in [-0.25, -0.2) is 13.8 Å². The Morgan fingerprint density at radius 2 is 1.93 bits per heavy atom. The number of hydrogen-bond acceptors (Lipinski definition) is 6. The second-order valence-electron chi connectivity index (χ2n) is 6.32. The molecule has 0 saturated carbocycles. The number of thiol groups is 1. The summed E-state index contributed by atoms with van der Waals surface area (Å²) in [6.07, 6.45) is 0. The molecule has 0 amide bonds. The van der Waals surface area contributed by atoms with Crippen LogP contribution >= 0.6 is 12.6 Å². The lowest BCUT2D eigenvalue weighted by atomic mass is 10.1. The lowest BCUT2D eigenvalue weighted by Gasteiger charge is -2.14. The summed E-state index contributed by atoms with van der Waals surface area (Å²) in [6.45, 7) is 1.89. The van der Waals surface area contributed by atoms with Gasteiger partial charge in [0.05, 0.1) is 12.3 Å². The van der Waals surface area contributed by atoms with Crippen molar-refractivity contribution in [2.24, 2.45) is 0 Å². The number of nitrogens with zero attached hydrogens (tertiary/aromatic N) is 1. The fraction of sp³-hybridized carbons (Fsp3) is 0.190. The van der Waals surface area contributed by atoms with E-state index < -0.39 is 17.2 Å². The number of anilines is 1. The largest absolute Gasteiger partial charge is 0.494 e. The maximum atomic E-state index is 14.3. The maximum Gasteiger partial charge on any atom is 0.251 e. The monoisotopic (exact) mass is 430 g/mol. The van der Waals surface area contributed by atoms with Crippen LogP contribution in [0.5, 0.6) is 5.75 Å². The van der Waals surface area contributed by atoms with Crippen LogP contribution in [0, 0.1) is 17.0 Å². The third-order valence-corrected chi connectivity index (χ3v) is 4.60. The molecule has 9 heteroatoms. The molecule has 0 spiro atoms. The first-order chi connectivity index (χ1) is 14.4. The summed E-state index contributed by atoms with van der Waals surface area (Å²) in [4.78, 5) is 18.6. The molecule has 0 bridgehead atoms. The minimum absolute atomic E-state index is 0.0357. The highest BCUT2D eigenvalue weighted by Crippen LogP contribution is 2.23.